The number of carbonyl (C=O) groups is 3. The molecule has 1 aromatic rings. The van der Waals surface area contributed by atoms with Gasteiger partial charge in [0.2, 0.25) is 5.91 Å². The maximum Gasteiger partial charge on any atom is 0.328 e. The molecule has 24 heavy (non-hydrogen) atoms. The van der Waals surface area contributed by atoms with Crippen LogP contribution in [0, 0.1) is 11.8 Å². The van der Waals surface area contributed by atoms with Crippen molar-refractivity contribution in [3.8, 4) is 0 Å². The van der Waals surface area contributed by atoms with Crippen molar-refractivity contribution in [2.45, 2.75) is 39.8 Å². The minimum absolute atomic E-state index is 0.115. The van der Waals surface area contributed by atoms with Gasteiger partial charge in [0.15, 0.2) is 0 Å². The van der Waals surface area contributed by atoms with Gasteiger partial charge >= 0.3 is 5.97 Å². The summed E-state index contributed by atoms with van der Waals surface area (Å²) in [7, 11) is 1.26. The lowest BCUT2D eigenvalue weighted by atomic mass is 10.00. The number of amides is 2. The number of methoxy groups -OCH3 is 1. The summed E-state index contributed by atoms with van der Waals surface area (Å²) in [6, 6.07) is -1.59. The molecule has 0 unspecified atom stereocenters. The molecular weight excluding hydrogens is 312 g/mol. The number of hydrogen-bond acceptors (Lipinski definition) is 6. The molecule has 0 bridgehead atoms. The Morgan fingerprint density at radius 2 is 1.62 bits per heavy atom. The lowest BCUT2D eigenvalue weighted by Gasteiger charge is -2.26. The van der Waals surface area contributed by atoms with Crippen molar-refractivity contribution in [1.82, 2.24) is 20.6 Å². The first-order valence-electron chi connectivity index (χ1n) is 7.73. The molecule has 1 heterocycles. The molecule has 132 valence electrons. The van der Waals surface area contributed by atoms with Gasteiger partial charge in [0.25, 0.3) is 5.91 Å². The topological polar surface area (TPSA) is 110 Å². The summed E-state index contributed by atoms with van der Waals surface area (Å²) < 4.78 is 4.71. The van der Waals surface area contributed by atoms with E-state index in [1.165, 1.54) is 25.7 Å². The molecule has 0 fully saturated rings. The number of rotatable bonds is 7. The van der Waals surface area contributed by atoms with Crippen molar-refractivity contribution >= 4 is 17.8 Å². The van der Waals surface area contributed by atoms with Gasteiger partial charge in [-0.25, -0.2) is 9.78 Å². The van der Waals surface area contributed by atoms with Crippen molar-refractivity contribution < 1.29 is 19.1 Å². The van der Waals surface area contributed by atoms with Crippen LogP contribution in [0.4, 0.5) is 0 Å². The van der Waals surface area contributed by atoms with E-state index in [1.807, 2.05) is 0 Å². The van der Waals surface area contributed by atoms with Crippen molar-refractivity contribution in [1.29, 1.82) is 0 Å². The van der Waals surface area contributed by atoms with E-state index in [1.54, 1.807) is 27.7 Å². The van der Waals surface area contributed by atoms with Crippen LogP contribution >= 0.6 is 0 Å². The Morgan fingerprint density at radius 1 is 1.00 bits per heavy atom. The molecule has 0 saturated carbocycles. The van der Waals surface area contributed by atoms with E-state index in [-0.39, 0.29) is 17.5 Å². The summed E-state index contributed by atoms with van der Waals surface area (Å²) in [5, 5.41) is 5.27. The first kappa shape index (κ1) is 19.5. The zero-order valence-corrected chi connectivity index (χ0v) is 14.6. The third kappa shape index (κ3) is 5.29. The summed E-state index contributed by atoms with van der Waals surface area (Å²) in [6.07, 6.45) is 4.16. The van der Waals surface area contributed by atoms with Crippen molar-refractivity contribution in [3.63, 3.8) is 0 Å². The molecule has 0 spiro atoms. The third-order valence-electron chi connectivity index (χ3n) is 3.45. The van der Waals surface area contributed by atoms with E-state index >= 15 is 0 Å². The Balaban J connectivity index is 2.85. The molecule has 0 aliphatic heterocycles. The van der Waals surface area contributed by atoms with E-state index in [9.17, 15) is 14.4 Å². The Bertz CT molecular complexity index is 575. The monoisotopic (exact) mass is 336 g/mol. The molecule has 8 heteroatoms. The summed E-state index contributed by atoms with van der Waals surface area (Å²) in [4.78, 5) is 44.2. The van der Waals surface area contributed by atoms with Gasteiger partial charge in [-0.2, -0.15) is 0 Å². The lowest BCUT2D eigenvalue weighted by molar-refractivity contribution is -0.146. The zero-order valence-electron chi connectivity index (χ0n) is 14.6. The van der Waals surface area contributed by atoms with Crippen LogP contribution in [0.2, 0.25) is 0 Å². The maximum atomic E-state index is 12.5. The number of esters is 1. The van der Waals surface area contributed by atoms with Crippen LogP contribution in [0.5, 0.6) is 0 Å². The van der Waals surface area contributed by atoms with E-state index in [0.29, 0.717) is 0 Å². The van der Waals surface area contributed by atoms with Crippen LogP contribution < -0.4 is 10.6 Å². The highest BCUT2D eigenvalue weighted by Crippen LogP contribution is 2.08. The van der Waals surface area contributed by atoms with E-state index in [0.717, 1.165) is 0 Å². The molecule has 0 radical (unpaired) electrons. The summed E-state index contributed by atoms with van der Waals surface area (Å²) in [6.45, 7) is 7.18. The average Bonchev–Trinajstić information content (AvgIpc) is 2.56. The smallest absolute Gasteiger partial charge is 0.328 e. The van der Waals surface area contributed by atoms with E-state index in [2.05, 4.69) is 20.6 Å². The fourth-order valence-corrected chi connectivity index (χ4v) is 2.03. The molecule has 2 N–H and O–H groups in total. The fraction of sp³-hybridized carbons (Fsp3) is 0.562. The predicted octanol–water partition coefficient (Wildman–Crippen LogP) is 0.545. The summed E-state index contributed by atoms with van der Waals surface area (Å²) >= 11 is 0. The zero-order chi connectivity index (χ0) is 18.3. The Hall–Kier alpha value is -2.51. The predicted molar refractivity (Wildman–Crippen MR) is 86.9 cm³/mol. The molecule has 0 aromatic carbocycles. The van der Waals surface area contributed by atoms with Crippen LogP contribution in [0.1, 0.15) is 38.2 Å². The van der Waals surface area contributed by atoms with Gasteiger partial charge in [-0.3, -0.25) is 14.6 Å². The highest BCUT2D eigenvalue weighted by molar-refractivity contribution is 5.96. The molecular formula is C16H24N4O4. The highest BCUT2D eigenvalue weighted by Gasteiger charge is 2.31. The standard InChI is InChI=1S/C16H24N4O4/c1-9(2)12(19-14(21)11-8-17-6-7-18-11)15(22)20-13(10(3)4)16(23)24-5/h6-10,12-13H,1-5H3,(H,19,21)(H,20,22)/t12-,13-/m0/s1. The van der Waals surface area contributed by atoms with Gasteiger partial charge in [-0.15, -0.1) is 0 Å². The summed E-state index contributed by atoms with van der Waals surface area (Å²) in [5.74, 6) is -1.82. The van der Waals surface area contributed by atoms with Gasteiger partial charge in [-0.05, 0) is 11.8 Å². The average molecular weight is 336 g/mol. The van der Waals surface area contributed by atoms with Gasteiger partial charge in [0.05, 0.1) is 13.3 Å². The second kappa shape index (κ2) is 8.95. The second-order valence-corrected chi connectivity index (χ2v) is 6.04. The number of aromatic nitrogens is 2. The van der Waals surface area contributed by atoms with Gasteiger partial charge in [-0.1, -0.05) is 27.7 Å². The first-order valence-corrected chi connectivity index (χ1v) is 7.73. The summed E-state index contributed by atoms with van der Waals surface area (Å²) in [5.41, 5.74) is 0.115. The Kier molecular flexibility index (Phi) is 7.29. The number of nitrogens with zero attached hydrogens (tertiary/aromatic N) is 2. The minimum Gasteiger partial charge on any atom is -0.467 e. The molecule has 0 saturated heterocycles. The highest BCUT2D eigenvalue weighted by atomic mass is 16.5. The fourth-order valence-electron chi connectivity index (χ4n) is 2.03. The van der Waals surface area contributed by atoms with Crippen molar-refractivity contribution in [2.24, 2.45) is 11.8 Å². The number of ether oxygens (including phenoxy) is 1. The van der Waals surface area contributed by atoms with Gasteiger partial charge in [0.1, 0.15) is 17.8 Å². The van der Waals surface area contributed by atoms with E-state index in [4.69, 9.17) is 4.74 Å². The number of nitrogens with one attached hydrogen (secondary N) is 2. The van der Waals surface area contributed by atoms with Gasteiger partial charge in [0, 0.05) is 12.4 Å². The van der Waals surface area contributed by atoms with Crippen LogP contribution in [-0.2, 0) is 14.3 Å². The SMILES string of the molecule is COC(=O)[C@@H](NC(=O)[C@@H](NC(=O)c1cnccn1)C(C)C)C(C)C. The van der Waals surface area contributed by atoms with Crippen LogP contribution in [0.25, 0.3) is 0 Å². The third-order valence-corrected chi connectivity index (χ3v) is 3.45. The molecule has 2 atom stereocenters. The molecule has 8 nitrogen and oxygen atoms in total. The largest absolute Gasteiger partial charge is 0.467 e. The maximum absolute atomic E-state index is 12.5. The first-order chi connectivity index (χ1) is 11.3. The quantitative estimate of drug-likeness (QED) is 0.703. The molecule has 0 aliphatic rings. The lowest BCUT2D eigenvalue weighted by Crippen LogP contribution is -2.55. The van der Waals surface area contributed by atoms with Crippen LogP contribution in [0.3, 0.4) is 0 Å². The normalized spacial score (nSPS) is 13.3. The molecule has 1 rings (SSSR count). The van der Waals surface area contributed by atoms with Crippen LogP contribution in [0.15, 0.2) is 18.6 Å². The van der Waals surface area contributed by atoms with E-state index < -0.39 is 29.9 Å². The molecule has 2 amide bonds. The second-order valence-electron chi connectivity index (χ2n) is 6.04. The minimum atomic E-state index is -0.814. The number of carbonyl (C=O) groups excluding carboxylic acids is 3. The number of hydrogen-bond donors (Lipinski definition) is 2. The van der Waals surface area contributed by atoms with Crippen molar-refractivity contribution in [3.05, 3.63) is 24.3 Å². The van der Waals surface area contributed by atoms with Crippen molar-refractivity contribution in [2.75, 3.05) is 7.11 Å². The molecule has 0 aliphatic carbocycles. The Labute approximate surface area is 141 Å². The van der Waals surface area contributed by atoms with Crippen LogP contribution in [-0.4, -0.2) is 46.9 Å². The molecule has 1 aromatic heterocycles. The van der Waals surface area contributed by atoms with Gasteiger partial charge < -0.3 is 15.4 Å². The Morgan fingerprint density at radius 3 is 2.08 bits per heavy atom.